The molecule has 38 heavy (non-hydrogen) atoms. The summed E-state index contributed by atoms with van der Waals surface area (Å²) in [5.41, 5.74) is -3.36. The molecule has 4 rings (SSSR count). The molecule has 0 radical (unpaired) electrons. The van der Waals surface area contributed by atoms with Crippen LogP contribution in [-0.4, -0.2) is 51.9 Å². The van der Waals surface area contributed by atoms with Crippen LogP contribution in [0.25, 0.3) is 0 Å². The summed E-state index contributed by atoms with van der Waals surface area (Å²) in [4.78, 5) is 43.0. The molecule has 0 bridgehead atoms. The van der Waals surface area contributed by atoms with Gasteiger partial charge in [0, 0.05) is 42.2 Å². The molecule has 1 fully saturated rings. The van der Waals surface area contributed by atoms with Gasteiger partial charge in [0.25, 0.3) is 5.91 Å². The van der Waals surface area contributed by atoms with Crippen LogP contribution in [0.5, 0.6) is 0 Å². The van der Waals surface area contributed by atoms with E-state index in [1.54, 1.807) is 18.5 Å². The number of aromatic nitrogens is 3. The summed E-state index contributed by atoms with van der Waals surface area (Å²) in [5.74, 6) is -8.35. The number of piperidine rings is 1. The minimum Gasteiger partial charge on any atom is -0.351 e. The molecule has 1 aromatic carbocycles. The van der Waals surface area contributed by atoms with Crippen molar-refractivity contribution >= 4 is 23.6 Å². The topological polar surface area (TPSA) is 133 Å². The number of nitrogens with one attached hydrogen (secondary N) is 2. The van der Waals surface area contributed by atoms with Gasteiger partial charge in [0.1, 0.15) is 11.9 Å². The van der Waals surface area contributed by atoms with E-state index in [-0.39, 0.29) is 16.9 Å². The average Bonchev–Trinajstić information content (AvgIpc) is 2.96. The lowest BCUT2D eigenvalue weighted by molar-refractivity contribution is -0.220. The number of pyridine rings is 1. The van der Waals surface area contributed by atoms with Gasteiger partial charge in [0.2, 0.25) is 11.5 Å². The SMILES string of the molecule is N#Cc1ccc(NC(C(=O)NC2CCN(c3ncccn3)CC2)(c2ccccc2)C(F)(F)C(=O)OF)nc1. The Morgan fingerprint density at radius 3 is 2.29 bits per heavy atom. The summed E-state index contributed by atoms with van der Waals surface area (Å²) in [6, 6.07) is 12.2. The monoisotopic (exact) mass is 525 g/mol. The molecule has 1 unspecified atom stereocenters. The molecule has 1 saturated heterocycles. The number of anilines is 2. The molecule has 1 aliphatic rings. The predicted octanol–water partition coefficient (Wildman–Crippen LogP) is 2.90. The Morgan fingerprint density at radius 1 is 1.03 bits per heavy atom. The maximum atomic E-state index is 15.8. The van der Waals surface area contributed by atoms with Crippen molar-refractivity contribution in [1.82, 2.24) is 20.3 Å². The quantitative estimate of drug-likeness (QED) is 0.455. The fourth-order valence-corrected chi connectivity index (χ4v) is 4.25. The summed E-state index contributed by atoms with van der Waals surface area (Å²) in [7, 11) is 0. The van der Waals surface area contributed by atoms with E-state index in [0.717, 1.165) is 6.20 Å². The molecule has 1 aliphatic heterocycles. The summed E-state index contributed by atoms with van der Waals surface area (Å²) >= 11 is 0. The lowest BCUT2D eigenvalue weighted by atomic mass is 9.81. The van der Waals surface area contributed by atoms with E-state index < -0.39 is 29.4 Å². The second-order valence-corrected chi connectivity index (χ2v) is 8.51. The Morgan fingerprint density at radius 2 is 1.71 bits per heavy atom. The highest BCUT2D eigenvalue weighted by molar-refractivity contribution is 5.98. The molecule has 1 atom stereocenters. The van der Waals surface area contributed by atoms with Crippen LogP contribution in [0.4, 0.5) is 25.1 Å². The fourth-order valence-electron chi connectivity index (χ4n) is 4.25. The van der Waals surface area contributed by atoms with Crippen LogP contribution in [0.15, 0.2) is 67.1 Å². The summed E-state index contributed by atoms with van der Waals surface area (Å²) in [6.45, 7) is 0.863. The zero-order chi connectivity index (χ0) is 27.2. The summed E-state index contributed by atoms with van der Waals surface area (Å²) in [6.07, 6.45) is 5.02. The van der Waals surface area contributed by atoms with E-state index in [9.17, 15) is 14.1 Å². The van der Waals surface area contributed by atoms with Crippen LogP contribution in [0.3, 0.4) is 0 Å². The van der Waals surface area contributed by atoms with Crippen molar-refractivity contribution in [1.29, 1.82) is 5.26 Å². The second kappa shape index (κ2) is 11.1. The first-order valence-electron chi connectivity index (χ1n) is 11.6. The lowest BCUT2D eigenvalue weighted by Crippen LogP contribution is -2.65. The third kappa shape index (κ3) is 5.06. The Kier molecular flexibility index (Phi) is 7.71. The number of benzene rings is 1. The third-order valence-electron chi connectivity index (χ3n) is 6.22. The molecule has 2 N–H and O–H groups in total. The maximum Gasteiger partial charge on any atom is 0.421 e. The van der Waals surface area contributed by atoms with E-state index in [0.29, 0.717) is 31.9 Å². The molecule has 2 aromatic heterocycles. The molecule has 3 heterocycles. The van der Waals surface area contributed by atoms with Crippen LogP contribution >= 0.6 is 0 Å². The highest BCUT2D eigenvalue weighted by Crippen LogP contribution is 2.42. The number of nitrogens with zero attached hydrogens (tertiary/aromatic N) is 5. The van der Waals surface area contributed by atoms with Crippen molar-refractivity contribution in [3.63, 3.8) is 0 Å². The van der Waals surface area contributed by atoms with Gasteiger partial charge in [0.15, 0.2) is 0 Å². The molecule has 10 nitrogen and oxygen atoms in total. The fraction of sp³-hybridized carbons (Fsp3) is 0.280. The zero-order valence-electron chi connectivity index (χ0n) is 19.9. The highest BCUT2D eigenvalue weighted by atomic mass is 19.3. The normalized spacial score (nSPS) is 15.6. The number of rotatable bonds is 8. The minimum absolute atomic E-state index is 0.134. The van der Waals surface area contributed by atoms with Gasteiger partial charge in [-0.1, -0.05) is 30.3 Å². The first-order chi connectivity index (χ1) is 18.3. The Hall–Kier alpha value is -4.73. The van der Waals surface area contributed by atoms with Crippen LogP contribution in [0.2, 0.25) is 0 Å². The third-order valence-corrected chi connectivity index (χ3v) is 6.22. The largest absolute Gasteiger partial charge is 0.421 e. The molecule has 13 heteroatoms. The van der Waals surface area contributed by atoms with E-state index in [1.165, 1.54) is 42.5 Å². The molecule has 1 amide bonds. The van der Waals surface area contributed by atoms with E-state index >= 15 is 8.78 Å². The lowest BCUT2D eigenvalue weighted by Gasteiger charge is -2.40. The molecule has 196 valence electrons. The number of hydrogen-bond acceptors (Lipinski definition) is 9. The molecular weight excluding hydrogens is 503 g/mol. The molecular formula is C25H22F3N7O3. The number of alkyl halides is 2. The Bertz CT molecular complexity index is 1300. The number of carbonyl (C=O) groups excluding carboxylic acids is 2. The first-order valence-corrected chi connectivity index (χ1v) is 11.6. The zero-order valence-corrected chi connectivity index (χ0v) is 19.9. The second-order valence-electron chi connectivity index (χ2n) is 8.51. The number of carbonyl (C=O) groups is 2. The van der Waals surface area contributed by atoms with Gasteiger partial charge in [-0.2, -0.15) is 14.0 Å². The maximum absolute atomic E-state index is 15.8. The number of nitriles is 1. The number of hydrogen-bond donors (Lipinski definition) is 2. The minimum atomic E-state index is -4.73. The van der Waals surface area contributed by atoms with Gasteiger partial charge in [-0.25, -0.2) is 24.7 Å². The Balaban J connectivity index is 1.69. The van der Waals surface area contributed by atoms with Crippen molar-refractivity contribution in [3.05, 3.63) is 78.2 Å². The first kappa shape index (κ1) is 26.3. The summed E-state index contributed by atoms with van der Waals surface area (Å²) < 4.78 is 44.5. The van der Waals surface area contributed by atoms with Gasteiger partial charge in [-0.3, -0.25) is 4.79 Å². The highest BCUT2D eigenvalue weighted by Gasteiger charge is 2.67. The molecule has 0 saturated carbocycles. The van der Waals surface area contributed by atoms with Gasteiger partial charge < -0.3 is 15.5 Å². The summed E-state index contributed by atoms with van der Waals surface area (Å²) in [5, 5.41) is 14.0. The van der Waals surface area contributed by atoms with Gasteiger partial charge >= 0.3 is 11.9 Å². The van der Waals surface area contributed by atoms with Crippen molar-refractivity contribution in [2.24, 2.45) is 0 Å². The van der Waals surface area contributed by atoms with E-state index in [4.69, 9.17) is 5.26 Å². The molecule has 0 spiro atoms. The smallest absolute Gasteiger partial charge is 0.351 e. The Labute approximate surface area is 215 Å². The predicted molar refractivity (Wildman–Crippen MR) is 128 cm³/mol. The standard InChI is InChI=1S/C25H22F3N7O3/c26-25(27,22(37)38-28)24(18-5-2-1-3-6-18,34-20-8-7-17(15-29)16-32-20)21(36)33-19-9-13-35(14-10-19)23-30-11-4-12-31-23/h1-8,11-12,16,19H,9-10,13-14H2,(H,32,34)(H,33,36). The van der Waals surface area contributed by atoms with Gasteiger partial charge in [0.05, 0.1) is 5.56 Å². The van der Waals surface area contributed by atoms with Crippen LogP contribution in [0.1, 0.15) is 24.0 Å². The van der Waals surface area contributed by atoms with Crippen molar-refractivity contribution in [2.75, 3.05) is 23.3 Å². The average molecular weight is 525 g/mol. The van der Waals surface area contributed by atoms with Crippen LogP contribution in [-0.2, 0) is 20.1 Å². The van der Waals surface area contributed by atoms with Gasteiger partial charge in [-0.15, -0.1) is 0 Å². The van der Waals surface area contributed by atoms with Gasteiger partial charge in [-0.05, 0) is 36.6 Å². The van der Waals surface area contributed by atoms with Crippen LogP contribution in [0, 0.1) is 11.3 Å². The van der Waals surface area contributed by atoms with E-state index in [1.807, 2.05) is 11.0 Å². The number of amides is 1. The van der Waals surface area contributed by atoms with Crippen LogP contribution < -0.4 is 15.5 Å². The van der Waals surface area contributed by atoms with E-state index in [2.05, 4.69) is 30.5 Å². The molecule has 0 aliphatic carbocycles. The molecule has 3 aromatic rings. The van der Waals surface area contributed by atoms with Crippen molar-refractivity contribution in [2.45, 2.75) is 30.3 Å². The van der Waals surface area contributed by atoms with Crippen molar-refractivity contribution < 1.29 is 27.8 Å². The number of halogens is 3. The van der Waals surface area contributed by atoms with Crippen molar-refractivity contribution in [3.8, 4) is 6.07 Å².